The van der Waals surface area contributed by atoms with Gasteiger partial charge in [-0.25, -0.2) is 0 Å². The molecular weight excluding hydrogens is 150 g/mol. The fraction of sp³-hybridized carbons (Fsp3) is 0.900. The zero-order valence-electron chi connectivity index (χ0n) is 8.13. The molecule has 0 N–H and O–H groups in total. The Morgan fingerprint density at radius 3 is 2.92 bits per heavy atom. The van der Waals surface area contributed by atoms with Gasteiger partial charge in [0, 0.05) is 11.3 Å². The van der Waals surface area contributed by atoms with Crippen LogP contribution in [-0.2, 0) is 4.84 Å². The largest absolute Gasteiger partial charge is 0.391 e. The molecule has 2 heteroatoms. The number of hydrogen-bond acceptors (Lipinski definition) is 2. The third-order valence-electron chi connectivity index (χ3n) is 3.32. The average Bonchev–Trinajstić information content (AvgIpc) is 2.33. The van der Waals surface area contributed by atoms with Gasteiger partial charge in [0.1, 0.15) is 6.10 Å². The van der Waals surface area contributed by atoms with Gasteiger partial charge in [-0.15, -0.1) is 0 Å². The molecule has 0 saturated heterocycles. The van der Waals surface area contributed by atoms with Gasteiger partial charge in [0.2, 0.25) is 0 Å². The van der Waals surface area contributed by atoms with E-state index in [1.165, 1.54) is 25.0 Å². The van der Waals surface area contributed by atoms with E-state index in [-0.39, 0.29) is 0 Å². The van der Waals surface area contributed by atoms with E-state index in [2.05, 4.69) is 25.9 Å². The average molecular weight is 167 g/mol. The summed E-state index contributed by atoms with van der Waals surface area (Å²) in [6, 6.07) is 0. The van der Waals surface area contributed by atoms with Crippen molar-refractivity contribution in [1.29, 1.82) is 0 Å². The minimum atomic E-state index is 0.324. The molecule has 0 radical (unpaired) electrons. The van der Waals surface area contributed by atoms with E-state index in [0.717, 1.165) is 0 Å². The summed E-state index contributed by atoms with van der Waals surface area (Å²) in [6.45, 7) is 6.67. The molecule has 2 rings (SSSR count). The van der Waals surface area contributed by atoms with Crippen molar-refractivity contribution >= 4 is 5.71 Å². The maximum atomic E-state index is 5.47. The number of nitrogens with zero attached hydrogens (tertiary/aromatic N) is 1. The fourth-order valence-corrected chi connectivity index (χ4v) is 2.47. The first-order chi connectivity index (χ1) is 5.61. The molecular formula is C10H17NO. The lowest BCUT2D eigenvalue weighted by Crippen LogP contribution is -2.40. The monoisotopic (exact) mass is 167 g/mol. The molecule has 0 aromatic heterocycles. The Hall–Kier alpha value is -0.530. The molecule has 2 unspecified atom stereocenters. The van der Waals surface area contributed by atoms with Crippen LogP contribution in [0.1, 0.15) is 40.0 Å². The molecule has 0 aromatic rings. The van der Waals surface area contributed by atoms with Gasteiger partial charge in [0.25, 0.3) is 0 Å². The van der Waals surface area contributed by atoms with Crippen molar-refractivity contribution in [3.05, 3.63) is 0 Å². The highest BCUT2D eigenvalue weighted by Gasteiger charge is 2.45. The lowest BCUT2D eigenvalue weighted by molar-refractivity contribution is -0.0458. The predicted molar refractivity (Wildman–Crippen MR) is 49.1 cm³/mol. The zero-order chi connectivity index (χ0) is 8.77. The van der Waals surface area contributed by atoms with Crippen molar-refractivity contribution in [2.45, 2.75) is 46.1 Å². The minimum absolute atomic E-state index is 0.324. The van der Waals surface area contributed by atoms with Crippen LogP contribution in [0.2, 0.25) is 0 Å². The second kappa shape index (κ2) is 2.48. The van der Waals surface area contributed by atoms with Crippen LogP contribution in [-0.4, -0.2) is 11.8 Å². The van der Waals surface area contributed by atoms with E-state index in [1.54, 1.807) is 0 Å². The summed E-state index contributed by atoms with van der Waals surface area (Å²) < 4.78 is 0. The zero-order valence-corrected chi connectivity index (χ0v) is 8.13. The van der Waals surface area contributed by atoms with Gasteiger partial charge in [0.05, 0.1) is 5.71 Å². The molecule has 1 aliphatic heterocycles. The smallest absolute Gasteiger partial charge is 0.140 e. The van der Waals surface area contributed by atoms with Gasteiger partial charge in [-0.2, -0.15) is 0 Å². The van der Waals surface area contributed by atoms with E-state index in [9.17, 15) is 0 Å². The summed E-state index contributed by atoms with van der Waals surface area (Å²) in [5.41, 5.74) is 1.53. The second-order valence-electron chi connectivity index (χ2n) is 4.75. The Bertz CT molecular complexity index is 220. The highest BCUT2D eigenvalue weighted by molar-refractivity contribution is 5.85. The number of oxime groups is 1. The number of rotatable bonds is 0. The van der Waals surface area contributed by atoms with Gasteiger partial charge in [-0.3, -0.25) is 0 Å². The van der Waals surface area contributed by atoms with Crippen molar-refractivity contribution in [3.63, 3.8) is 0 Å². The fourth-order valence-electron chi connectivity index (χ4n) is 2.47. The van der Waals surface area contributed by atoms with Gasteiger partial charge in [-0.05, 0) is 19.8 Å². The predicted octanol–water partition coefficient (Wildman–Crippen LogP) is 2.59. The van der Waals surface area contributed by atoms with Crippen LogP contribution in [0.4, 0.5) is 0 Å². The molecule has 1 heterocycles. The highest BCUT2D eigenvalue weighted by atomic mass is 16.6. The summed E-state index contributed by atoms with van der Waals surface area (Å²) in [5.74, 6) is 0.605. The molecule has 2 nitrogen and oxygen atoms in total. The minimum Gasteiger partial charge on any atom is -0.391 e. The van der Waals surface area contributed by atoms with Gasteiger partial charge < -0.3 is 4.84 Å². The standard InChI is InChI=1S/C10H17NO/c1-7-8-5-4-6-10(2,3)9(8)12-11-7/h8-9H,4-6H2,1-3H3. The third kappa shape index (κ3) is 1.05. The SMILES string of the molecule is CC1=NOC2C1CCCC2(C)C. The molecule has 0 bridgehead atoms. The second-order valence-corrected chi connectivity index (χ2v) is 4.75. The van der Waals surface area contributed by atoms with E-state index < -0.39 is 0 Å². The van der Waals surface area contributed by atoms with Crippen LogP contribution in [0, 0.1) is 11.3 Å². The van der Waals surface area contributed by atoms with Gasteiger partial charge >= 0.3 is 0 Å². The highest BCUT2D eigenvalue weighted by Crippen LogP contribution is 2.43. The Balaban J connectivity index is 2.20. The molecule has 1 saturated carbocycles. The van der Waals surface area contributed by atoms with Crippen molar-refractivity contribution in [2.75, 3.05) is 0 Å². The molecule has 0 amide bonds. The Kier molecular flexibility index (Phi) is 1.67. The first kappa shape index (κ1) is 8.09. The van der Waals surface area contributed by atoms with Gasteiger partial charge in [0.15, 0.2) is 0 Å². The van der Waals surface area contributed by atoms with Crippen LogP contribution in [0.15, 0.2) is 5.16 Å². The number of hydrogen-bond donors (Lipinski definition) is 0. The molecule has 2 aliphatic rings. The van der Waals surface area contributed by atoms with Crippen molar-refractivity contribution < 1.29 is 4.84 Å². The van der Waals surface area contributed by atoms with Crippen molar-refractivity contribution in [3.8, 4) is 0 Å². The van der Waals surface area contributed by atoms with E-state index in [0.29, 0.717) is 17.4 Å². The Morgan fingerprint density at radius 1 is 1.50 bits per heavy atom. The molecule has 68 valence electrons. The molecule has 0 spiro atoms. The number of fused-ring (bicyclic) bond motifs is 1. The Morgan fingerprint density at radius 2 is 2.25 bits per heavy atom. The lowest BCUT2D eigenvalue weighted by Gasteiger charge is -2.37. The summed E-state index contributed by atoms with van der Waals surface area (Å²) in [5, 5.41) is 4.09. The quantitative estimate of drug-likeness (QED) is 0.543. The third-order valence-corrected chi connectivity index (χ3v) is 3.32. The Labute approximate surface area is 74.0 Å². The molecule has 1 fully saturated rings. The van der Waals surface area contributed by atoms with E-state index >= 15 is 0 Å². The van der Waals surface area contributed by atoms with Crippen LogP contribution < -0.4 is 0 Å². The summed E-state index contributed by atoms with van der Waals surface area (Å²) in [6.07, 6.45) is 4.22. The summed E-state index contributed by atoms with van der Waals surface area (Å²) in [4.78, 5) is 5.47. The maximum Gasteiger partial charge on any atom is 0.140 e. The van der Waals surface area contributed by atoms with E-state index in [1.807, 2.05) is 0 Å². The first-order valence-corrected chi connectivity index (χ1v) is 4.81. The maximum absolute atomic E-state index is 5.47. The van der Waals surface area contributed by atoms with Crippen molar-refractivity contribution in [1.82, 2.24) is 0 Å². The van der Waals surface area contributed by atoms with Crippen LogP contribution in [0.3, 0.4) is 0 Å². The molecule has 2 atom stereocenters. The van der Waals surface area contributed by atoms with E-state index in [4.69, 9.17) is 4.84 Å². The molecule has 12 heavy (non-hydrogen) atoms. The van der Waals surface area contributed by atoms with Crippen LogP contribution in [0.25, 0.3) is 0 Å². The first-order valence-electron chi connectivity index (χ1n) is 4.81. The normalized spacial score (nSPS) is 38.4. The van der Waals surface area contributed by atoms with Crippen LogP contribution >= 0.6 is 0 Å². The topological polar surface area (TPSA) is 21.6 Å². The lowest BCUT2D eigenvalue weighted by atomic mass is 9.69. The summed E-state index contributed by atoms with van der Waals surface area (Å²) >= 11 is 0. The molecule has 0 aromatic carbocycles. The van der Waals surface area contributed by atoms with Gasteiger partial charge in [-0.1, -0.05) is 25.4 Å². The summed E-state index contributed by atoms with van der Waals surface area (Å²) in [7, 11) is 0. The molecule has 1 aliphatic carbocycles. The van der Waals surface area contributed by atoms with Crippen molar-refractivity contribution in [2.24, 2.45) is 16.5 Å². The van der Waals surface area contributed by atoms with Crippen LogP contribution in [0.5, 0.6) is 0 Å².